The molecule has 57 heavy (non-hydrogen) atoms. The van der Waals surface area contributed by atoms with Crippen molar-refractivity contribution in [2.24, 2.45) is 17.3 Å². The molecule has 2 N–H and O–H groups in total. The van der Waals surface area contributed by atoms with Crippen molar-refractivity contribution >= 4 is 44.6 Å². The second-order valence-corrected chi connectivity index (χ2v) is 18.9. The van der Waals surface area contributed by atoms with E-state index in [0.717, 1.165) is 24.8 Å². The lowest BCUT2D eigenvalue weighted by atomic mass is 9.77. The van der Waals surface area contributed by atoms with Crippen molar-refractivity contribution in [3.05, 3.63) is 67.3 Å². The van der Waals surface area contributed by atoms with E-state index in [1.54, 1.807) is 7.11 Å². The fraction of sp³-hybridized carbons (Fsp3) is 0.512. The van der Waals surface area contributed by atoms with Crippen molar-refractivity contribution in [1.82, 2.24) is 24.8 Å². The van der Waals surface area contributed by atoms with Crippen LogP contribution in [0.15, 0.2) is 67.3 Å². The zero-order valence-electron chi connectivity index (χ0n) is 33.2. The second-order valence-electron chi connectivity index (χ2n) is 17.0. The molecule has 4 amide bonds. The van der Waals surface area contributed by atoms with Crippen molar-refractivity contribution in [2.75, 3.05) is 26.7 Å². The minimum atomic E-state index is -3.90. The van der Waals surface area contributed by atoms with Crippen LogP contribution in [0.25, 0.3) is 22.2 Å². The molecule has 13 nitrogen and oxygen atoms in total. The molecule has 0 spiro atoms. The predicted molar refractivity (Wildman–Crippen MR) is 216 cm³/mol. The number of pyridine rings is 1. The van der Waals surface area contributed by atoms with Gasteiger partial charge in [0.05, 0.1) is 30.5 Å². The topological polar surface area (TPSA) is 164 Å². The first kappa shape index (κ1) is 40.2. The Balaban J connectivity index is 1.22. The first-order chi connectivity index (χ1) is 27.1. The van der Waals surface area contributed by atoms with Crippen LogP contribution in [-0.2, 0) is 29.2 Å². The molecule has 1 aromatic heterocycles. The van der Waals surface area contributed by atoms with E-state index in [-0.39, 0.29) is 37.6 Å². The summed E-state index contributed by atoms with van der Waals surface area (Å²) in [6.45, 7) is 10.9. The van der Waals surface area contributed by atoms with Gasteiger partial charge in [0.2, 0.25) is 27.7 Å². The molecule has 0 radical (unpaired) electrons. The van der Waals surface area contributed by atoms with Gasteiger partial charge in [-0.05, 0) is 56.1 Å². The second kappa shape index (κ2) is 15.8. The number of carbonyl (C=O) groups excluding carboxylic acids is 4. The largest absolute Gasteiger partial charge is 0.494 e. The van der Waals surface area contributed by atoms with Gasteiger partial charge in [-0.15, -0.1) is 6.58 Å². The summed E-state index contributed by atoms with van der Waals surface area (Å²) in [6.07, 6.45) is 4.89. The molecule has 0 bridgehead atoms. The first-order valence-electron chi connectivity index (χ1n) is 19.9. The van der Waals surface area contributed by atoms with Crippen LogP contribution in [-0.4, -0.2) is 96.5 Å². The monoisotopic (exact) mass is 799 g/mol. The smallest absolute Gasteiger partial charge is 0.259 e. The molecular weight excluding hydrogens is 747 g/mol. The maximum absolute atomic E-state index is 14.9. The van der Waals surface area contributed by atoms with E-state index in [4.69, 9.17) is 14.5 Å². The van der Waals surface area contributed by atoms with Crippen molar-refractivity contribution in [3.8, 4) is 22.8 Å². The number of rotatable bonds is 13. The Labute approximate surface area is 334 Å². The number of nitrogens with zero attached hydrogens (tertiary/aromatic N) is 3. The number of fused-ring (bicyclic) bond motifs is 1. The number of hydrogen-bond acceptors (Lipinski definition) is 9. The summed E-state index contributed by atoms with van der Waals surface area (Å²) in [4.78, 5) is 64.9. The van der Waals surface area contributed by atoms with Crippen LogP contribution in [0.3, 0.4) is 0 Å². The zero-order valence-corrected chi connectivity index (χ0v) is 34.0. The fourth-order valence-corrected chi connectivity index (χ4v) is 9.56. The van der Waals surface area contributed by atoms with Gasteiger partial charge in [-0.1, -0.05) is 63.2 Å². The lowest BCUT2D eigenvalue weighted by molar-refractivity contribution is -0.148. The third-order valence-corrected chi connectivity index (χ3v) is 13.7. The van der Waals surface area contributed by atoms with Gasteiger partial charge in [-0.25, -0.2) is 13.4 Å². The summed E-state index contributed by atoms with van der Waals surface area (Å²) in [6, 6.07) is 15.9. The number of methoxy groups -OCH3 is 1. The molecule has 3 heterocycles. The van der Waals surface area contributed by atoms with Gasteiger partial charge in [0, 0.05) is 48.9 Å². The molecule has 2 saturated carbocycles. The minimum Gasteiger partial charge on any atom is -0.494 e. The molecule has 2 aliphatic carbocycles. The van der Waals surface area contributed by atoms with Crippen molar-refractivity contribution < 1.29 is 37.1 Å². The maximum Gasteiger partial charge on any atom is 0.259 e. The molecule has 0 unspecified atom stereocenters. The molecule has 304 valence electrons. The zero-order chi connectivity index (χ0) is 40.7. The molecule has 4 aliphatic rings. The lowest BCUT2D eigenvalue weighted by Crippen LogP contribution is -2.57. The number of amides is 4. The molecule has 4 fully saturated rings. The van der Waals surface area contributed by atoms with Crippen LogP contribution in [0.2, 0.25) is 0 Å². The van der Waals surface area contributed by atoms with E-state index in [2.05, 4.69) is 16.6 Å². The average Bonchev–Trinajstić information content (AvgIpc) is 4.13. The van der Waals surface area contributed by atoms with Crippen molar-refractivity contribution in [2.45, 2.75) is 95.1 Å². The number of aromatic nitrogens is 1. The SMILES string of the molecule is C=C[C@@H]1C[C@]1(NC(=O)[C@@H]1C[C@@H](Oc2cc(-c3ccccc3)nc3c(OC)cccc23)CN1C(=O)[C@@H](CC(=O)N1CCCCC1)C(C)(C)C)C(=O)NS(=O)(=O)C1CC1. The third kappa shape index (κ3) is 8.37. The van der Waals surface area contributed by atoms with Crippen LogP contribution in [0, 0.1) is 17.3 Å². The molecule has 2 aliphatic heterocycles. The van der Waals surface area contributed by atoms with Gasteiger partial charge in [-0.2, -0.15) is 0 Å². The van der Waals surface area contributed by atoms with Crippen LogP contribution in [0.4, 0.5) is 0 Å². The molecule has 5 atom stereocenters. The van der Waals surface area contributed by atoms with Crippen LogP contribution in [0.5, 0.6) is 11.5 Å². The van der Waals surface area contributed by atoms with E-state index >= 15 is 0 Å². The Bertz CT molecular complexity index is 2160. The quantitative estimate of drug-likeness (QED) is 0.227. The normalized spacial score (nSPS) is 24.0. The van der Waals surface area contributed by atoms with Crippen LogP contribution < -0.4 is 19.5 Å². The Morgan fingerprint density at radius 1 is 1.02 bits per heavy atom. The van der Waals surface area contributed by atoms with Gasteiger partial charge in [0.1, 0.15) is 34.7 Å². The Kier molecular flexibility index (Phi) is 11.1. The number of benzene rings is 2. The van der Waals surface area contributed by atoms with Gasteiger partial charge < -0.3 is 24.6 Å². The molecule has 3 aromatic rings. The van der Waals surface area contributed by atoms with Crippen molar-refractivity contribution in [3.63, 3.8) is 0 Å². The molecule has 2 aromatic carbocycles. The van der Waals surface area contributed by atoms with Crippen LogP contribution in [0.1, 0.15) is 72.1 Å². The number of piperidine rings is 1. The maximum atomic E-state index is 14.9. The summed E-state index contributed by atoms with van der Waals surface area (Å²) >= 11 is 0. The van der Waals surface area contributed by atoms with Gasteiger partial charge in [0.15, 0.2) is 0 Å². The highest BCUT2D eigenvalue weighted by Crippen LogP contribution is 2.46. The Hall–Kier alpha value is -4.98. The summed E-state index contributed by atoms with van der Waals surface area (Å²) < 4.78 is 40.3. The Morgan fingerprint density at radius 2 is 1.74 bits per heavy atom. The van der Waals surface area contributed by atoms with E-state index in [9.17, 15) is 27.6 Å². The summed E-state index contributed by atoms with van der Waals surface area (Å²) in [5.74, 6) is -2.13. The summed E-state index contributed by atoms with van der Waals surface area (Å²) in [5.41, 5.74) is -0.0994. The molecule has 2 saturated heterocycles. The van der Waals surface area contributed by atoms with Gasteiger partial charge >= 0.3 is 0 Å². The highest BCUT2D eigenvalue weighted by molar-refractivity contribution is 7.91. The Morgan fingerprint density at radius 3 is 2.37 bits per heavy atom. The van der Waals surface area contributed by atoms with E-state index in [0.29, 0.717) is 54.0 Å². The number of nitrogens with one attached hydrogen (secondary N) is 2. The first-order valence-corrected chi connectivity index (χ1v) is 21.5. The lowest BCUT2D eigenvalue weighted by Gasteiger charge is -2.36. The van der Waals surface area contributed by atoms with E-state index in [1.165, 1.54) is 11.0 Å². The molecule has 14 heteroatoms. The van der Waals surface area contributed by atoms with E-state index < -0.39 is 62.0 Å². The number of likely N-dealkylation sites (tertiary alicyclic amines) is 2. The number of carbonyl (C=O) groups is 4. The average molecular weight is 800 g/mol. The van der Waals surface area contributed by atoms with E-state index in [1.807, 2.05) is 80.3 Å². The number of ether oxygens (including phenoxy) is 2. The predicted octanol–water partition coefficient (Wildman–Crippen LogP) is 4.99. The number of sulfonamides is 1. The summed E-state index contributed by atoms with van der Waals surface area (Å²) in [7, 11) is -2.33. The van der Waals surface area contributed by atoms with Gasteiger partial charge in [-0.3, -0.25) is 23.9 Å². The summed E-state index contributed by atoms with van der Waals surface area (Å²) in [5, 5.41) is 2.91. The number of para-hydroxylation sites is 1. The third-order valence-electron chi connectivity index (χ3n) is 11.9. The standard InChI is InChI=1S/C43H53N5O8S/c1-6-28-25-43(28,41(52)46-57(53,54)30-18-19-30)45-39(50)34-22-29(26-48(34)40(51)32(42(2,3)4)23-37(49)47-20-11-8-12-21-47)56-36-24-33(27-14-9-7-10-15-27)44-38-31(36)16-13-17-35(38)55-5/h6-7,9-10,13-17,24,28-30,32,34H,1,8,11-12,18-23,25-26H2,2-5H3,(H,45,50)(H,46,52)/t28-,29-,32-,34+,43-/m1/s1. The number of hydrogen-bond donors (Lipinski definition) is 2. The van der Waals surface area contributed by atoms with Gasteiger partial charge in [0.25, 0.3) is 5.91 Å². The highest BCUT2D eigenvalue weighted by Gasteiger charge is 2.62. The van der Waals surface area contributed by atoms with Crippen LogP contribution >= 0.6 is 0 Å². The highest BCUT2D eigenvalue weighted by atomic mass is 32.2. The fourth-order valence-electron chi connectivity index (χ4n) is 8.19. The molecular formula is C43H53N5O8S. The minimum absolute atomic E-state index is 0.0160. The van der Waals surface area contributed by atoms with Crippen molar-refractivity contribution in [1.29, 1.82) is 0 Å². The molecule has 7 rings (SSSR count).